The van der Waals surface area contributed by atoms with E-state index in [1.807, 2.05) is 0 Å². The molecule has 0 fully saturated rings. The Morgan fingerprint density at radius 2 is 1.89 bits per heavy atom. The normalized spacial score (nSPS) is 13.6. The Morgan fingerprint density at radius 3 is 2.42 bits per heavy atom. The fraction of sp³-hybridized carbons (Fsp3) is 0.167. The first-order valence-electron chi connectivity index (χ1n) is 5.05. The van der Waals surface area contributed by atoms with Crippen LogP contribution in [0.15, 0.2) is 34.1 Å². The van der Waals surface area contributed by atoms with E-state index in [-0.39, 0.29) is 4.83 Å². The van der Waals surface area contributed by atoms with Crippen molar-refractivity contribution in [2.75, 3.05) is 0 Å². The van der Waals surface area contributed by atoms with Gasteiger partial charge in [0.25, 0.3) is 0 Å². The number of hydrogen-bond acceptors (Lipinski definition) is 1. The van der Waals surface area contributed by atoms with Gasteiger partial charge in [0, 0.05) is 4.88 Å². The first-order chi connectivity index (χ1) is 8.79. The molecule has 0 nitrogen and oxygen atoms in total. The van der Waals surface area contributed by atoms with Crippen LogP contribution in [-0.4, -0.2) is 0 Å². The molecule has 1 unspecified atom stereocenters. The minimum Gasteiger partial charge on any atom is -0.166 e. The van der Waals surface area contributed by atoms with E-state index in [9.17, 15) is 13.2 Å². The SMILES string of the molecule is FC(F)(F)c1cccc(C(Br)c2cc(Cl)c(Br)s2)c1. The molecule has 7 heteroatoms. The third kappa shape index (κ3) is 3.54. The van der Waals surface area contributed by atoms with E-state index in [1.54, 1.807) is 12.1 Å². The van der Waals surface area contributed by atoms with Crippen molar-refractivity contribution >= 4 is 54.8 Å². The van der Waals surface area contributed by atoms with Crippen LogP contribution in [-0.2, 0) is 6.18 Å². The molecule has 0 saturated carbocycles. The second-order valence-electron chi connectivity index (χ2n) is 3.76. The Hall–Kier alpha value is -0.0400. The second kappa shape index (κ2) is 5.76. The van der Waals surface area contributed by atoms with Crippen LogP contribution in [0.1, 0.15) is 20.8 Å². The summed E-state index contributed by atoms with van der Waals surface area (Å²) < 4.78 is 38.7. The van der Waals surface area contributed by atoms with Crippen LogP contribution in [0.3, 0.4) is 0 Å². The van der Waals surface area contributed by atoms with Gasteiger partial charge in [0.05, 0.1) is 19.2 Å². The van der Waals surface area contributed by atoms with Crippen molar-refractivity contribution in [2.24, 2.45) is 0 Å². The number of thiophene rings is 1. The highest BCUT2D eigenvalue weighted by atomic mass is 79.9. The molecule has 0 amide bonds. The van der Waals surface area contributed by atoms with Crippen LogP contribution >= 0.6 is 54.8 Å². The third-order valence-corrected chi connectivity index (χ3v) is 6.29. The molecule has 0 radical (unpaired) electrons. The monoisotopic (exact) mass is 432 g/mol. The maximum atomic E-state index is 12.7. The fourth-order valence-electron chi connectivity index (χ4n) is 1.53. The molecule has 2 aromatic rings. The second-order valence-corrected chi connectivity index (χ2v) is 7.48. The summed E-state index contributed by atoms with van der Waals surface area (Å²) in [6, 6.07) is 6.98. The number of alkyl halides is 4. The zero-order valence-corrected chi connectivity index (χ0v) is 13.9. The molecular weight excluding hydrogens is 428 g/mol. The van der Waals surface area contributed by atoms with Crippen LogP contribution in [0.2, 0.25) is 5.02 Å². The summed E-state index contributed by atoms with van der Waals surface area (Å²) in [6.07, 6.45) is -4.34. The van der Waals surface area contributed by atoms with E-state index in [2.05, 4.69) is 31.9 Å². The highest BCUT2D eigenvalue weighted by Crippen LogP contribution is 2.42. The van der Waals surface area contributed by atoms with Gasteiger partial charge in [0.1, 0.15) is 0 Å². The molecule has 0 saturated heterocycles. The molecular formula is C12H6Br2ClF3S. The predicted octanol–water partition coefficient (Wildman–Crippen LogP) is 6.67. The molecule has 1 aromatic carbocycles. The number of rotatable bonds is 2. The van der Waals surface area contributed by atoms with Crippen LogP contribution in [0.25, 0.3) is 0 Å². The van der Waals surface area contributed by atoms with Gasteiger partial charge >= 0.3 is 6.18 Å². The Bertz CT molecular complexity index is 575. The smallest absolute Gasteiger partial charge is 0.166 e. The highest BCUT2D eigenvalue weighted by molar-refractivity contribution is 9.11. The van der Waals surface area contributed by atoms with Crippen molar-refractivity contribution in [2.45, 2.75) is 11.0 Å². The Balaban J connectivity index is 2.36. The fourth-order valence-corrected chi connectivity index (χ4v) is 3.98. The molecule has 0 bridgehead atoms. The van der Waals surface area contributed by atoms with Crippen molar-refractivity contribution in [3.8, 4) is 0 Å². The van der Waals surface area contributed by atoms with Crippen molar-refractivity contribution in [1.82, 2.24) is 0 Å². The van der Waals surface area contributed by atoms with E-state index >= 15 is 0 Å². The lowest BCUT2D eigenvalue weighted by Gasteiger charge is -2.12. The Kier molecular flexibility index (Phi) is 4.65. The van der Waals surface area contributed by atoms with Crippen LogP contribution < -0.4 is 0 Å². The lowest BCUT2D eigenvalue weighted by atomic mass is 10.1. The molecule has 0 aliphatic carbocycles. The van der Waals surface area contributed by atoms with E-state index in [0.717, 1.165) is 20.8 Å². The van der Waals surface area contributed by atoms with Crippen LogP contribution in [0.5, 0.6) is 0 Å². The van der Waals surface area contributed by atoms with Gasteiger partial charge in [-0.1, -0.05) is 45.7 Å². The molecule has 0 aliphatic rings. The lowest BCUT2D eigenvalue weighted by Crippen LogP contribution is -2.05. The Labute approximate surface area is 133 Å². The highest BCUT2D eigenvalue weighted by Gasteiger charge is 2.31. The van der Waals surface area contributed by atoms with Gasteiger partial charge in [-0.05, 0) is 33.6 Å². The van der Waals surface area contributed by atoms with Crippen LogP contribution in [0, 0.1) is 0 Å². The molecule has 1 heterocycles. The minimum atomic E-state index is -4.34. The van der Waals surface area contributed by atoms with E-state index in [0.29, 0.717) is 10.6 Å². The number of halogens is 6. The van der Waals surface area contributed by atoms with Gasteiger partial charge in [-0.25, -0.2) is 0 Å². The van der Waals surface area contributed by atoms with E-state index in [1.165, 1.54) is 17.4 Å². The molecule has 1 atom stereocenters. The topological polar surface area (TPSA) is 0 Å². The van der Waals surface area contributed by atoms with Crippen molar-refractivity contribution < 1.29 is 13.2 Å². The number of benzene rings is 1. The Morgan fingerprint density at radius 1 is 1.21 bits per heavy atom. The zero-order chi connectivity index (χ0) is 14.2. The van der Waals surface area contributed by atoms with Crippen molar-refractivity contribution in [3.63, 3.8) is 0 Å². The summed E-state index contributed by atoms with van der Waals surface area (Å²) in [4.78, 5) is 0.528. The van der Waals surface area contributed by atoms with Crippen molar-refractivity contribution in [3.05, 3.63) is 55.1 Å². The largest absolute Gasteiger partial charge is 0.416 e. The maximum Gasteiger partial charge on any atom is 0.416 e. The summed E-state index contributed by atoms with van der Waals surface area (Å²) in [7, 11) is 0. The van der Waals surface area contributed by atoms with Gasteiger partial charge in [0.2, 0.25) is 0 Å². The van der Waals surface area contributed by atoms with Gasteiger partial charge in [0.15, 0.2) is 0 Å². The minimum absolute atomic E-state index is 0.316. The molecule has 2 rings (SSSR count). The maximum absolute atomic E-state index is 12.7. The summed E-state index contributed by atoms with van der Waals surface area (Å²) in [5.41, 5.74) is -0.114. The van der Waals surface area contributed by atoms with Crippen molar-refractivity contribution in [1.29, 1.82) is 0 Å². The standard InChI is InChI=1S/C12H6Br2ClF3S/c13-10(9-5-8(15)11(14)19-9)6-2-1-3-7(4-6)12(16,17)18/h1-5,10H. The van der Waals surface area contributed by atoms with Gasteiger partial charge in [-0.3, -0.25) is 0 Å². The van der Waals surface area contributed by atoms with Crippen LogP contribution in [0.4, 0.5) is 13.2 Å². The summed E-state index contributed by atoms with van der Waals surface area (Å²) in [5, 5.41) is 0.552. The van der Waals surface area contributed by atoms with E-state index in [4.69, 9.17) is 11.6 Å². The van der Waals surface area contributed by atoms with Gasteiger partial charge in [-0.2, -0.15) is 13.2 Å². The summed E-state index contributed by atoms with van der Waals surface area (Å²) in [6.45, 7) is 0. The molecule has 0 N–H and O–H groups in total. The third-order valence-electron chi connectivity index (χ3n) is 2.42. The summed E-state index contributed by atoms with van der Waals surface area (Å²) >= 11 is 14.0. The summed E-state index contributed by atoms with van der Waals surface area (Å²) in [5.74, 6) is 0. The first kappa shape index (κ1) is 15.4. The van der Waals surface area contributed by atoms with Gasteiger partial charge in [-0.15, -0.1) is 11.3 Å². The van der Waals surface area contributed by atoms with E-state index < -0.39 is 11.7 Å². The lowest BCUT2D eigenvalue weighted by molar-refractivity contribution is -0.137. The quantitative estimate of drug-likeness (QED) is 0.463. The molecule has 19 heavy (non-hydrogen) atoms. The molecule has 0 spiro atoms. The number of hydrogen-bond donors (Lipinski definition) is 0. The molecule has 0 aliphatic heterocycles. The zero-order valence-electron chi connectivity index (χ0n) is 9.14. The molecule has 1 aromatic heterocycles. The average molecular weight is 435 g/mol. The van der Waals surface area contributed by atoms with Gasteiger partial charge < -0.3 is 0 Å². The predicted molar refractivity (Wildman–Crippen MR) is 79.2 cm³/mol. The molecule has 102 valence electrons. The average Bonchev–Trinajstić information content (AvgIpc) is 2.68. The first-order valence-corrected chi connectivity index (χ1v) is 7.95.